The molecule has 0 radical (unpaired) electrons. The van der Waals surface area contributed by atoms with Crippen molar-refractivity contribution in [3.05, 3.63) is 23.8 Å². The second-order valence-corrected chi connectivity index (χ2v) is 7.35. The molecule has 1 aromatic rings. The number of ether oxygens (including phenoxy) is 1. The van der Waals surface area contributed by atoms with Crippen LogP contribution in [-0.2, 0) is 14.6 Å². The largest absolute Gasteiger partial charge is 0.462 e. The topological polar surface area (TPSA) is 98.5 Å². The maximum atomic E-state index is 11.8. The second-order valence-electron chi connectivity index (χ2n) is 5.12. The van der Waals surface area contributed by atoms with Crippen LogP contribution in [0.3, 0.4) is 0 Å². The second kappa shape index (κ2) is 6.34. The van der Waals surface area contributed by atoms with Gasteiger partial charge in [-0.05, 0) is 38.0 Å². The number of nitrogens with one attached hydrogen (secondary N) is 1. The molecular weight excluding hydrogens is 292 g/mol. The van der Waals surface area contributed by atoms with E-state index in [0.717, 1.165) is 6.42 Å². The Kier molecular flexibility index (Phi) is 4.72. The molecule has 116 valence electrons. The average Bonchev–Trinajstić information content (AvgIpc) is 2.40. The number of carbonyl (C=O) groups is 1. The molecule has 0 saturated carbocycles. The Morgan fingerprint density at radius 3 is 2.90 bits per heavy atom. The van der Waals surface area contributed by atoms with Crippen LogP contribution < -0.4 is 11.1 Å². The van der Waals surface area contributed by atoms with E-state index in [4.69, 9.17) is 10.5 Å². The number of anilines is 2. The first-order valence-electron chi connectivity index (χ1n) is 6.95. The van der Waals surface area contributed by atoms with Crippen molar-refractivity contribution in [3.8, 4) is 0 Å². The number of rotatable bonds is 4. The fourth-order valence-electron chi connectivity index (χ4n) is 2.40. The monoisotopic (exact) mass is 312 g/mol. The quantitative estimate of drug-likeness (QED) is 0.645. The standard InChI is InChI=1S/C14H20N2O4S/c1-2-20-14(17)12-8-10(5-6-13(12)15)16-11-4-3-7-21(18,19)9-11/h5-6,8,11,16H,2-4,7,9,15H2,1H3. The minimum atomic E-state index is -2.97. The summed E-state index contributed by atoms with van der Waals surface area (Å²) in [4.78, 5) is 11.8. The van der Waals surface area contributed by atoms with Gasteiger partial charge in [0.2, 0.25) is 0 Å². The molecule has 21 heavy (non-hydrogen) atoms. The van der Waals surface area contributed by atoms with Gasteiger partial charge in [-0.3, -0.25) is 0 Å². The number of nitrogen functional groups attached to an aromatic ring is 1. The fourth-order valence-corrected chi connectivity index (χ4v) is 4.04. The van der Waals surface area contributed by atoms with Crippen LogP contribution in [-0.4, -0.2) is 38.5 Å². The lowest BCUT2D eigenvalue weighted by Gasteiger charge is -2.24. The normalized spacial score (nSPS) is 20.7. The van der Waals surface area contributed by atoms with E-state index in [2.05, 4.69) is 5.32 Å². The lowest BCUT2D eigenvalue weighted by molar-refractivity contribution is 0.0527. The molecule has 1 saturated heterocycles. The Hall–Kier alpha value is -1.76. The first kappa shape index (κ1) is 15.6. The van der Waals surface area contributed by atoms with E-state index in [1.807, 2.05) is 0 Å². The van der Waals surface area contributed by atoms with Crippen LogP contribution in [0.2, 0.25) is 0 Å². The van der Waals surface area contributed by atoms with Gasteiger partial charge in [0.05, 0.1) is 23.7 Å². The smallest absolute Gasteiger partial charge is 0.340 e. The molecule has 0 aromatic heterocycles. The van der Waals surface area contributed by atoms with Crippen molar-refractivity contribution in [2.24, 2.45) is 0 Å². The van der Waals surface area contributed by atoms with Crippen LogP contribution in [0.4, 0.5) is 11.4 Å². The minimum Gasteiger partial charge on any atom is -0.462 e. The summed E-state index contributed by atoms with van der Waals surface area (Å²) < 4.78 is 28.2. The van der Waals surface area contributed by atoms with Crippen LogP contribution in [0.25, 0.3) is 0 Å². The van der Waals surface area contributed by atoms with Crippen LogP contribution in [0.1, 0.15) is 30.1 Å². The van der Waals surface area contributed by atoms with E-state index in [1.165, 1.54) is 0 Å². The molecule has 0 spiro atoms. The third-order valence-corrected chi connectivity index (χ3v) is 5.20. The molecule has 1 fully saturated rings. The number of benzene rings is 1. The third-order valence-electron chi connectivity index (χ3n) is 3.38. The maximum Gasteiger partial charge on any atom is 0.340 e. The highest BCUT2D eigenvalue weighted by Gasteiger charge is 2.24. The van der Waals surface area contributed by atoms with Crippen LogP contribution in [0.5, 0.6) is 0 Å². The Bertz CT molecular complexity index is 628. The number of hydrogen-bond acceptors (Lipinski definition) is 6. The molecule has 1 atom stereocenters. The number of nitrogens with two attached hydrogens (primary N) is 1. The highest BCUT2D eigenvalue weighted by atomic mass is 32.2. The van der Waals surface area contributed by atoms with Gasteiger partial charge >= 0.3 is 5.97 Å². The van der Waals surface area contributed by atoms with Crippen LogP contribution >= 0.6 is 0 Å². The van der Waals surface area contributed by atoms with E-state index >= 15 is 0 Å². The summed E-state index contributed by atoms with van der Waals surface area (Å²) in [5, 5.41) is 3.16. The zero-order chi connectivity index (χ0) is 15.5. The molecule has 3 N–H and O–H groups in total. The van der Waals surface area contributed by atoms with Gasteiger partial charge in [-0.1, -0.05) is 0 Å². The lowest BCUT2D eigenvalue weighted by atomic mass is 10.1. The first-order chi connectivity index (χ1) is 9.91. The zero-order valence-electron chi connectivity index (χ0n) is 12.0. The van der Waals surface area contributed by atoms with E-state index < -0.39 is 15.8 Å². The number of sulfone groups is 1. The average molecular weight is 312 g/mol. The first-order valence-corrected chi connectivity index (χ1v) is 8.77. The van der Waals surface area contributed by atoms with Crippen molar-refractivity contribution in [1.29, 1.82) is 0 Å². The lowest BCUT2D eigenvalue weighted by Crippen LogP contribution is -2.34. The molecule has 1 aliphatic rings. The summed E-state index contributed by atoms with van der Waals surface area (Å²) in [5.41, 5.74) is 7.08. The van der Waals surface area contributed by atoms with Crippen molar-refractivity contribution in [2.75, 3.05) is 29.2 Å². The summed E-state index contributed by atoms with van der Waals surface area (Å²) in [6, 6.07) is 4.82. The zero-order valence-corrected chi connectivity index (χ0v) is 12.8. The Balaban J connectivity index is 2.14. The summed E-state index contributed by atoms with van der Waals surface area (Å²) in [6.45, 7) is 2.00. The van der Waals surface area contributed by atoms with Gasteiger partial charge in [0, 0.05) is 17.4 Å². The number of carbonyl (C=O) groups excluding carboxylic acids is 1. The van der Waals surface area contributed by atoms with Gasteiger partial charge in [0.1, 0.15) is 0 Å². The molecule has 1 heterocycles. The predicted molar refractivity (Wildman–Crippen MR) is 82.1 cm³/mol. The van der Waals surface area contributed by atoms with Crippen LogP contribution in [0, 0.1) is 0 Å². The van der Waals surface area contributed by atoms with E-state index in [0.29, 0.717) is 23.4 Å². The van der Waals surface area contributed by atoms with Crippen molar-refractivity contribution < 1.29 is 17.9 Å². The van der Waals surface area contributed by atoms with E-state index in [9.17, 15) is 13.2 Å². The van der Waals surface area contributed by atoms with Gasteiger partial charge in [0.15, 0.2) is 9.84 Å². The highest BCUT2D eigenvalue weighted by molar-refractivity contribution is 7.91. The molecular formula is C14H20N2O4S. The Labute approximate surface area is 124 Å². The Morgan fingerprint density at radius 1 is 1.48 bits per heavy atom. The molecule has 0 amide bonds. The summed E-state index contributed by atoms with van der Waals surface area (Å²) in [5.74, 6) is -0.109. The molecule has 2 rings (SSSR count). The van der Waals surface area contributed by atoms with Crippen molar-refractivity contribution in [1.82, 2.24) is 0 Å². The van der Waals surface area contributed by atoms with Crippen molar-refractivity contribution >= 4 is 27.2 Å². The molecule has 0 bridgehead atoms. The predicted octanol–water partition coefficient (Wildman–Crippen LogP) is 1.43. The van der Waals surface area contributed by atoms with E-state index in [-0.39, 0.29) is 24.2 Å². The summed E-state index contributed by atoms with van der Waals surface area (Å²) >= 11 is 0. The van der Waals surface area contributed by atoms with Crippen molar-refractivity contribution in [2.45, 2.75) is 25.8 Å². The molecule has 1 aliphatic heterocycles. The SMILES string of the molecule is CCOC(=O)c1cc(NC2CCCS(=O)(=O)C2)ccc1N. The third kappa shape index (κ3) is 4.10. The van der Waals surface area contributed by atoms with Crippen molar-refractivity contribution in [3.63, 3.8) is 0 Å². The van der Waals surface area contributed by atoms with E-state index in [1.54, 1.807) is 25.1 Å². The van der Waals surface area contributed by atoms with Crippen LogP contribution in [0.15, 0.2) is 18.2 Å². The van der Waals surface area contributed by atoms with Gasteiger partial charge in [-0.15, -0.1) is 0 Å². The van der Waals surface area contributed by atoms with Gasteiger partial charge in [0.25, 0.3) is 0 Å². The molecule has 7 heteroatoms. The number of esters is 1. The number of hydrogen-bond donors (Lipinski definition) is 2. The Morgan fingerprint density at radius 2 is 2.24 bits per heavy atom. The molecule has 1 aromatic carbocycles. The van der Waals surface area contributed by atoms with Gasteiger partial charge < -0.3 is 15.8 Å². The highest BCUT2D eigenvalue weighted by Crippen LogP contribution is 2.22. The van der Waals surface area contributed by atoms with Gasteiger partial charge in [-0.25, -0.2) is 13.2 Å². The summed E-state index contributed by atoms with van der Waals surface area (Å²) in [6.07, 6.45) is 1.44. The molecule has 1 unspecified atom stereocenters. The minimum absolute atomic E-state index is 0.117. The molecule has 0 aliphatic carbocycles. The summed E-state index contributed by atoms with van der Waals surface area (Å²) in [7, 11) is -2.97. The molecule has 6 nitrogen and oxygen atoms in total. The maximum absolute atomic E-state index is 11.8. The fraction of sp³-hybridized carbons (Fsp3) is 0.500. The van der Waals surface area contributed by atoms with Gasteiger partial charge in [-0.2, -0.15) is 0 Å².